The highest BCUT2D eigenvalue weighted by Crippen LogP contribution is 2.26. The molecule has 26 heavy (non-hydrogen) atoms. The van der Waals surface area contributed by atoms with E-state index in [1.165, 1.54) is 0 Å². The minimum absolute atomic E-state index is 0.207. The molecule has 0 radical (unpaired) electrons. The van der Waals surface area contributed by atoms with Crippen molar-refractivity contribution in [2.24, 2.45) is 7.05 Å². The maximum absolute atomic E-state index is 12.9. The minimum Gasteiger partial charge on any atom is -0.383 e. The summed E-state index contributed by atoms with van der Waals surface area (Å²) in [5.41, 5.74) is 1.31. The van der Waals surface area contributed by atoms with E-state index in [0.717, 1.165) is 30.2 Å². The van der Waals surface area contributed by atoms with Crippen LogP contribution < -0.4 is 5.32 Å². The van der Waals surface area contributed by atoms with Gasteiger partial charge in [0.1, 0.15) is 5.69 Å². The molecule has 1 saturated heterocycles. The molecule has 0 saturated carbocycles. The van der Waals surface area contributed by atoms with Gasteiger partial charge in [-0.2, -0.15) is 4.31 Å². The van der Waals surface area contributed by atoms with Gasteiger partial charge in [0.05, 0.1) is 11.5 Å². The van der Waals surface area contributed by atoms with Gasteiger partial charge in [0.25, 0.3) is 5.91 Å². The van der Waals surface area contributed by atoms with E-state index in [1.54, 1.807) is 47.3 Å². The lowest BCUT2D eigenvalue weighted by molar-refractivity contribution is 0.0929. The van der Waals surface area contributed by atoms with E-state index >= 15 is 0 Å². The number of piperidine rings is 1. The van der Waals surface area contributed by atoms with Crippen LogP contribution in [0.5, 0.6) is 0 Å². The third-order valence-electron chi connectivity index (χ3n) is 4.79. The van der Waals surface area contributed by atoms with Crippen molar-refractivity contribution >= 4 is 26.8 Å². The molecule has 3 rings (SSSR count). The normalized spacial score (nSPS) is 16.1. The van der Waals surface area contributed by atoms with Crippen LogP contribution in [0, 0.1) is 0 Å². The number of aromatic nitrogens is 1. The second-order valence-corrected chi connectivity index (χ2v) is 8.46. The third-order valence-corrected chi connectivity index (χ3v) is 6.69. The number of methoxy groups -OCH3 is 1. The van der Waals surface area contributed by atoms with Crippen LogP contribution in [0.25, 0.3) is 10.9 Å². The van der Waals surface area contributed by atoms with Crippen LogP contribution in [0.15, 0.2) is 29.2 Å². The molecule has 142 valence electrons. The number of benzene rings is 1. The Bertz CT molecular complexity index is 899. The number of aryl methyl sites for hydroxylation is 1. The van der Waals surface area contributed by atoms with E-state index in [-0.39, 0.29) is 10.8 Å². The Labute approximate surface area is 154 Å². The van der Waals surface area contributed by atoms with Crippen LogP contribution in [0.3, 0.4) is 0 Å². The summed E-state index contributed by atoms with van der Waals surface area (Å²) in [7, 11) is -0.113. The monoisotopic (exact) mass is 379 g/mol. The minimum atomic E-state index is -3.49. The topological polar surface area (TPSA) is 80.6 Å². The molecule has 0 atom stereocenters. The largest absolute Gasteiger partial charge is 0.383 e. The zero-order chi connectivity index (χ0) is 18.7. The molecule has 1 amide bonds. The Morgan fingerprint density at radius 3 is 2.62 bits per heavy atom. The molecule has 1 aliphatic rings. The molecule has 0 spiro atoms. The zero-order valence-electron chi connectivity index (χ0n) is 15.2. The van der Waals surface area contributed by atoms with Gasteiger partial charge < -0.3 is 14.6 Å². The Hall–Kier alpha value is -1.90. The van der Waals surface area contributed by atoms with Crippen molar-refractivity contribution in [1.29, 1.82) is 0 Å². The first-order valence-electron chi connectivity index (χ1n) is 8.82. The van der Waals surface area contributed by atoms with Crippen molar-refractivity contribution in [3.05, 3.63) is 30.0 Å². The smallest absolute Gasteiger partial charge is 0.268 e. The Kier molecular flexibility index (Phi) is 5.64. The van der Waals surface area contributed by atoms with Crippen molar-refractivity contribution in [3.63, 3.8) is 0 Å². The zero-order valence-corrected chi connectivity index (χ0v) is 16.0. The molecular formula is C18H25N3O4S. The molecule has 1 aliphatic heterocycles. The number of sulfonamides is 1. The molecule has 0 unspecified atom stereocenters. The summed E-state index contributed by atoms with van der Waals surface area (Å²) >= 11 is 0. The van der Waals surface area contributed by atoms with Crippen molar-refractivity contribution in [1.82, 2.24) is 14.2 Å². The molecule has 7 nitrogen and oxygen atoms in total. The number of carbonyl (C=O) groups excluding carboxylic acids is 1. The van der Waals surface area contributed by atoms with Crippen LogP contribution in [0.2, 0.25) is 0 Å². The highest BCUT2D eigenvalue weighted by Gasteiger charge is 2.26. The van der Waals surface area contributed by atoms with E-state index in [4.69, 9.17) is 4.74 Å². The fourth-order valence-corrected chi connectivity index (χ4v) is 4.87. The summed E-state index contributed by atoms with van der Waals surface area (Å²) in [6.07, 6.45) is 2.88. The van der Waals surface area contributed by atoms with E-state index < -0.39 is 10.0 Å². The Balaban J connectivity index is 1.90. The van der Waals surface area contributed by atoms with E-state index in [1.807, 2.05) is 0 Å². The van der Waals surface area contributed by atoms with Crippen molar-refractivity contribution < 1.29 is 17.9 Å². The SMILES string of the molecule is COCCNC(=O)c1cc2cc(S(=O)(=O)N3CCCCC3)ccc2n1C. The molecule has 1 fully saturated rings. The summed E-state index contributed by atoms with van der Waals surface area (Å²) in [6.45, 7) is 2.00. The van der Waals surface area contributed by atoms with Crippen LogP contribution >= 0.6 is 0 Å². The predicted octanol–water partition coefficient (Wildman–Crippen LogP) is 1.73. The van der Waals surface area contributed by atoms with Crippen LogP contribution in [0.4, 0.5) is 0 Å². The number of nitrogens with one attached hydrogen (secondary N) is 1. The lowest BCUT2D eigenvalue weighted by atomic mass is 10.2. The maximum Gasteiger partial charge on any atom is 0.268 e. The molecule has 2 heterocycles. The van der Waals surface area contributed by atoms with Gasteiger partial charge in [-0.3, -0.25) is 4.79 Å². The first-order valence-corrected chi connectivity index (χ1v) is 10.3. The molecular weight excluding hydrogens is 354 g/mol. The second-order valence-electron chi connectivity index (χ2n) is 6.52. The second kappa shape index (κ2) is 7.77. The highest BCUT2D eigenvalue weighted by atomic mass is 32.2. The lowest BCUT2D eigenvalue weighted by Gasteiger charge is -2.25. The predicted molar refractivity (Wildman–Crippen MR) is 99.7 cm³/mol. The van der Waals surface area contributed by atoms with Gasteiger partial charge in [0.2, 0.25) is 10.0 Å². The van der Waals surface area contributed by atoms with Crippen molar-refractivity contribution in [2.75, 3.05) is 33.4 Å². The number of fused-ring (bicyclic) bond motifs is 1. The van der Waals surface area contributed by atoms with Gasteiger partial charge in [-0.15, -0.1) is 0 Å². The number of hydrogen-bond donors (Lipinski definition) is 1. The average Bonchev–Trinajstić information content (AvgIpc) is 2.99. The summed E-state index contributed by atoms with van der Waals surface area (Å²) in [5.74, 6) is -0.207. The van der Waals surface area contributed by atoms with Gasteiger partial charge in [-0.1, -0.05) is 6.42 Å². The number of rotatable bonds is 6. The fraction of sp³-hybridized carbons (Fsp3) is 0.500. The summed E-state index contributed by atoms with van der Waals surface area (Å²) in [6, 6.07) is 6.77. The molecule has 0 bridgehead atoms. The van der Waals surface area contributed by atoms with Gasteiger partial charge in [0.15, 0.2) is 0 Å². The van der Waals surface area contributed by atoms with E-state index in [2.05, 4.69) is 5.32 Å². The summed E-state index contributed by atoms with van der Waals surface area (Å²) < 4.78 is 34.0. The van der Waals surface area contributed by atoms with Crippen LogP contribution in [-0.2, 0) is 21.8 Å². The van der Waals surface area contributed by atoms with Crippen molar-refractivity contribution in [2.45, 2.75) is 24.2 Å². The number of hydrogen-bond acceptors (Lipinski definition) is 4. The number of amides is 1. The van der Waals surface area contributed by atoms with E-state index in [9.17, 15) is 13.2 Å². The summed E-state index contributed by atoms with van der Waals surface area (Å²) in [5, 5.41) is 3.53. The highest BCUT2D eigenvalue weighted by molar-refractivity contribution is 7.89. The Morgan fingerprint density at radius 2 is 1.92 bits per heavy atom. The number of nitrogens with zero attached hydrogens (tertiary/aromatic N) is 2. The Morgan fingerprint density at radius 1 is 1.19 bits per heavy atom. The van der Waals surface area contributed by atoms with Gasteiger partial charge in [-0.25, -0.2) is 8.42 Å². The van der Waals surface area contributed by atoms with Crippen molar-refractivity contribution in [3.8, 4) is 0 Å². The van der Waals surface area contributed by atoms with Crippen LogP contribution in [0.1, 0.15) is 29.8 Å². The third kappa shape index (κ3) is 3.62. The fourth-order valence-electron chi connectivity index (χ4n) is 3.32. The number of ether oxygens (including phenoxy) is 1. The average molecular weight is 379 g/mol. The molecule has 1 aromatic heterocycles. The molecule has 8 heteroatoms. The molecule has 1 aromatic carbocycles. The van der Waals surface area contributed by atoms with E-state index in [0.29, 0.717) is 31.9 Å². The number of carbonyl (C=O) groups is 1. The standard InChI is InChI=1S/C18H25N3O4S/c1-20-16-7-6-15(26(23,24)21-9-4-3-5-10-21)12-14(16)13-17(20)18(22)19-8-11-25-2/h6-7,12-13H,3-5,8-11H2,1-2H3,(H,19,22). The summed E-state index contributed by atoms with van der Waals surface area (Å²) in [4.78, 5) is 12.6. The quantitative estimate of drug-likeness (QED) is 0.775. The van der Waals surface area contributed by atoms with Gasteiger partial charge >= 0.3 is 0 Å². The lowest BCUT2D eigenvalue weighted by Crippen LogP contribution is -2.35. The molecule has 0 aliphatic carbocycles. The molecule has 1 N–H and O–H groups in total. The maximum atomic E-state index is 12.9. The van der Waals surface area contributed by atoms with Crippen LogP contribution in [-0.4, -0.2) is 56.5 Å². The first-order chi connectivity index (χ1) is 12.4. The van der Waals surface area contributed by atoms with Gasteiger partial charge in [-0.05, 0) is 37.1 Å². The molecule has 2 aromatic rings. The van der Waals surface area contributed by atoms with Gasteiger partial charge in [0, 0.05) is 44.7 Å². The first kappa shape index (κ1) is 18.9.